The van der Waals surface area contributed by atoms with E-state index in [0.717, 1.165) is 45.3 Å². The molecule has 3 fully saturated rings. The number of hydrogen-bond acceptors (Lipinski definition) is 8. The highest BCUT2D eigenvalue weighted by molar-refractivity contribution is 6.03. The quantitative estimate of drug-likeness (QED) is 0.321. The molecule has 4 aliphatic heterocycles. The lowest BCUT2D eigenvalue weighted by Gasteiger charge is -2.39. The first-order valence-corrected chi connectivity index (χ1v) is 15.6. The molecule has 4 aliphatic rings. The van der Waals surface area contributed by atoms with Crippen LogP contribution in [0.25, 0.3) is 32.9 Å². The Balaban J connectivity index is 1.35. The molecular formula is C34H34F2N6O2. The first-order chi connectivity index (χ1) is 21.5. The van der Waals surface area contributed by atoms with Crippen LogP contribution in [0.15, 0.2) is 30.3 Å². The SMILES string of the molecule is C#Cc1c(F)ccc2cccc(-c3nc4c5c(nc(OCC67CCCN6CCC7)nc5c3F)N3CCNCC3C(CC)O4)c12. The molecule has 2 atom stereocenters. The number of ether oxygens (including phenoxy) is 2. The molecule has 4 aromatic rings. The summed E-state index contributed by atoms with van der Waals surface area (Å²) in [4.78, 5) is 19.1. The second-order valence-corrected chi connectivity index (χ2v) is 12.3. The summed E-state index contributed by atoms with van der Waals surface area (Å²) >= 11 is 0. The third kappa shape index (κ3) is 4.13. The van der Waals surface area contributed by atoms with E-state index in [1.54, 1.807) is 18.2 Å². The van der Waals surface area contributed by atoms with E-state index in [1.165, 1.54) is 6.07 Å². The Kier molecular flexibility index (Phi) is 6.58. The van der Waals surface area contributed by atoms with Crippen molar-refractivity contribution >= 4 is 27.5 Å². The topological polar surface area (TPSA) is 75.6 Å². The minimum absolute atomic E-state index is 0.00000437. The van der Waals surface area contributed by atoms with Crippen LogP contribution in [0, 0.1) is 24.0 Å². The molecule has 0 radical (unpaired) electrons. The molecule has 3 saturated heterocycles. The predicted octanol–water partition coefficient (Wildman–Crippen LogP) is 5.06. The van der Waals surface area contributed by atoms with Crippen molar-refractivity contribution in [1.82, 2.24) is 25.2 Å². The Labute approximate surface area is 254 Å². The highest BCUT2D eigenvalue weighted by Gasteiger charge is 2.45. The van der Waals surface area contributed by atoms with Crippen LogP contribution >= 0.6 is 0 Å². The van der Waals surface area contributed by atoms with Gasteiger partial charge in [-0.15, -0.1) is 6.42 Å². The molecule has 2 aromatic heterocycles. The molecule has 8 nitrogen and oxygen atoms in total. The van der Waals surface area contributed by atoms with Crippen molar-refractivity contribution in [3.63, 3.8) is 0 Å². The Bertz CT molecular complexity index is 1830. The predicted molar refractivity (Wildman–Crippen MR) is 165 cm³/mol. The van der Waals surface area contributed by atoms with Gasteiger partial charge in [0.15, 0.2) is 5.82 Å². The number of pyridine rings is 1. The van der Waals surface area contributed by atoms with E-state index in [1.807, 2.05) is 6.07 Å². The third-order valence-electron chi connectivity index (χ3n) is 10.0. The summed E-state index contributed by atoms with van der Waals surface area (Å²) in [6, 6.07) is 8.39. The molecule has 0 bridgehead atoms. The van der Waals surface area contributed by atoms with E-state index in [2.05, 4.69) is 28.0 Å². The average Bonchev–Trinajstić information content (AvgIpc) is 3.60. The maximum Gasteiger partial charge on any atom is 0.319 e. The van der Waals surface area contributed by atoms with Crippen molar-refractivity contribution in [3.8, 4) is 35.5 Å². The van der Waals surface area contributed by atoms with Gasteiger partial charge >= 0.3 is 6.01 Å². The molecule has 8 rings (SSSR count). The van der Waals surface area contributed by atoms with Crippen molar-refractivity contribution in [3.05, 3.63) is 47.5 Å². The largest absolute Gasteiger partial charge is 0.472 e. The van der Waals surface area contributed by atoms with E-state index in [9.17, 15) is 4.39 Å². The van der Waals surface area contributed by atoms with Crippen LogP contribution < -0.4 is 19.7 Å². The number of terminal acetylenes is 1. The Morgan fingerprint density at radius 1 is 1.09 bits per heavy atom. The number of nitrogens with one attached hydrogen (secondary N) is 1. The molecule has 0 amide bonds. The van der Waals surface area contributed by atoms with Gasteiger partial charge in [0.25, 0.3) is 0 Å². The van der Waals surface area contributed by atoms with Crippen molar-refractivity contribution in [2.45, 2.75) is 56.7 Å². The van der Waals surface area contributed by atoms with Crippen LogP contribution in [0.5, 0.6) is 11.9 Å². The van der Waals surface area contributed by atoms with Crippen molar-refractivity contribution in [1.29, 1.82) is 0 Å². The zero-order valence-electron chi connectivity index (χ0n) is 24.7. The van der Waals surface area contributed by atoms with Gasteiger partial charge in [0.1, 0.15) is 40.9 Å². The van der Waals surface area contributed by atoms with Crippen molar-refractivity contribution in [2.75, 3.05) is 44.2 Å². The van der Waals surface area contributed by atoms with Crippen LogP contribution in [0.3, 0.4) is 0 Å². The number of anilines is 1. The van der Waals surface area contributed by atoms with Crippen LogP contribution in [-0.4, -0.2) is 76.9 Å². The van der Waals surface area contributed by atoms with Gasteiger partial charge in [-0.05, 0) is 56.6 Å². The zero-order chi connectivity index (χ0) is 30.0. The number of fused-ring (bicyclic) bond motifs is 4. The van der Waals surface area contributed by atoms with Gasteiger partial charge in [0.2, 0.25) is 5.88 Å². The summed E-state index contributed by atoms with van der Waals surface area (Å²) in [5.41, 5.74) is 0.485. The maximum absolute atomic E-state index is 17.0. The average molecular weight is 597 g/mol. The maximum atomic E-state index is 17.0. The molecular weight excluding hydrogens is 562 g/mol. The van der Waals surface area contributed by atoms with E-state index in [-0.39, 0.29) is 46.3 Å². The van der Waals surface area contributed by atoms with Crippen LogP contribution in [0.1, 0.15) is 44.6 Å². The summed E-state index contributed by atoms with van der Waals surface area (Å²) in [5, 5.41) is 5.00. The normalized spacial score (nSPS) is 22.4. The number of nitrogens with zero attached hydrogens (tertiary/aromatic N) is 5. The molecule has 44 heavy (non-hydrogen) atoms. The minimum atomic E-state index is -0.649. The first-order valence-electron chi connectivity index (χ1n) is 15.6. The number of hydrogen-bond donors (Lipinski definition) is 1. The number of benzene rings is 2. The van der Waals surface area contributed by atoms with Gasteiger partial charge in [0, 0.05) is 30.6 Å². The molecule has 2 aromatic carbocycles. The standard InChI is InChI=1S/C34H34F2N6O2/c1-3-21-23(35)11-10-20-8-5-9-22(26(20)21)29-28(36)30-27-31(42-17-14-37-18-24(42)25(4-2)44-32(27)38-29)40-33(39-30)43-19-34-12-6-15-41(34)16-7-13-34/h1,5,8-11,24-25,37H,4,6-7,12-19H2,2H3. The van der Waals surface area contributed by atoms with Gasteiger partial charge in [-0.25, -0.2) is 13.8 Å². The number of aromatic nitrogens is 3. The summed E-state index contributed by atoms with van der Waals surface area (Å²) in [6.45, 7) is 6.79. The van der Waals surface area contributed by atoms with Crippen LogP contribution in [-0.2, 0) is 0 Å². The summed E-state index contributed by atoms with van der Waals surface area (Å²) in [6.07, 6.45) is 10.7. The summed E-state index contributed by atoms with van der Waals surface area (Å²) in [5.74, 6) is 2.09. The molecule has 6 heterocycles. The molecule has 1 N–H and O–H groups in total. The molecule has 0 saturated carbocycles. The monoisotopic (exact) mass is 596 g/mol. The first kappa shape index (κ1) is 27.5. The molecule has 2 unspecified atom stereocenters. The van der Waals surface area contributed by atoms with Gasteiger partial charge < -0.3 is 19.7 Å². The Morgan fingerprint density at radius 2 is 1.93 bits per heavy atom. The lowest BCUT2D eigenvalue weighted by atomic mass is 9.95. The van der Waals surface area contributed by atoms with Crippen molar-refractivity contribution < 1.29 is 18.3 Å². The fourth-order valence-electron chi connectivity index (χ4n) is 7.89. The molecule has 0 aliphatic carbocycles. The lowest BCUT2D eigenvalue weighted by Crippen LogP contribution is -2.57. The Hall–Kier alpha value is -4.07. The zero-order valence-corrected chi connectivity index (χ0v) is 24.7. The number of piperazine rings is 1. The fourth-order valence-corrected chi connectivity index (χ4v) is 7.89. The summed E-state index contributed by atoms with van der Waals surface area (Å²) in [7, 11) is 0. The fraction of sp³-hybridized carbons (Fsp3) is 0.441. The molecule has 226 valence electrons. The molecule has 10 heteroatoms. The smallest absolute Gasteiger partial charge is 0.319 e. The lowest BCUT2D eigenvalue weighted by molar-refractivity contribution is 0.108. The third-order valence-corrected chi connectivity index (χ3v) is 10.0. The van der Waals surface area contributed by atoms with Gasteiger partial charge in [0.05, 0.1) is 17.1 Å². The second-order valence-electron chi connectivity index (χ2n) is 12.3. The highest BCUT2D eigenvalue weighted by Crippen LogP contribution is 2.44. The number of rotatable bonds is 5. The van der Waals surface area contributed by atoms with Crippen molar-refractivity contribution in [2.24, 2.45) is 0 Å². The van der Waals surface area contributed by atoms with Crippen LogP contribution in [0.2, 0.25) is 0 Å². The summed E-state index contributed by atoms with van der Waals surface area (Å²) < 4.78 is 44.9. The van der Waals surface area contributed by atoms with Gasteiger partial charge in [-0.3, -0.25) is 4.90 Å². The van der Waals surface area contributed by atoms with Crippen LogP contribution in [0.4, 0.5) is 14.6 Å². The van der Waals surface area contributed by atoms with E-state index in [4.69, 9.17) is 30.8 Å². The molecule has 0 spiro atoms. The minimum Gasteiger partial charge on any atom is -0.472 e. The van der Waals surface area contributed by atoms with E-state index >= 15 is 4.39 Å². The van der Waals surface area contributed by atoms with E-state index in [0.29, 0.717) is 53.7 Å². The Morgan fingerprint density at radius 3 is 2.73 bits per heavy atom. The van der Waals surface area contributed by atoms with Gasteiger partial charge in [-0.2, -0.15) is 9.97 Å². The number of halogens is 2. The second kappa shape index (κ2) is 10.5. The van der Waals surface area contributed by atoms with Gasteiger partial charge in [-0.1, -0.05) is 37.1 Å². The van der Waals surface area contributed by atoms with E-state index < -0.39 is 11.6 Å². The highest BCUT2D eigenvalue weighted by atomic mass is 19.1.